The third-order valence-corrected chi connectivity index (χ3v) is 6.14. The van der Waals surface area contributed by atoms with Gasteiger partial charge in [0.2, 0.25) is 6.41 Å². The number of benzene rings is 2. The second-order valence-corrected chi connectivity index (χ2v) is 8.61. The Hall–Kier alpha value is -4.22. The fourth-order valence-electron chi connectivity index (χ4n) is 4.30. The number of fused-ring (bicyclic) bond motifs is 2. The first-order chi connectivity index (χ1) is 18.9. The van der Waals surface area contributed by atoms with Crippen LogP contribution in [0.5, 0.6) is 5.75 Å². The quantitative estimate of drug-likeness (QED) is 0.136. The van der Waals surface area contributed by atoms with Crippen molar-refractivity contribution in [2.24, 2.45) is 5.73 Å². The molecule has 0 aliphatic carbocycles. The SMILES string of the molecule is CNc1cc(C(=O)NCCc2cc3c(c(-c4ccc(F)cc4)n2)OCC3C)cc2ccncc12.NC=O.OS. The molecule has 204 valence electrons. The topological polar surface area (TPSA) is 139 Å². The number of carbonyl (C=O) groups excluding carboxylic acids is 2. The fourth-order valence-corrected chi connectivity index (χ4v) is 4.30. The second-order valence-electron chi connectivity index (χ2n) is 8.61. The van der Waals surface area contributed by atoms with Gasteiger partial charge < -0.3 is 25.7 Å². The Morgan fingerprint density at radius 3 is 2.64 bits per heavy atom. The van der Waals surface area contributed by atoms with E-state index in [0.29, 0.717) is 30.8 Å². The summed E-state index contributed by atoms with van der Waals surface area (Å²) in [5.74, 6) is 0.571. The summed E-state index contributed by atoms with van der Waals surface area (Å²) in [5, 5.41) is 8.06. The number of aromatic nitrogens is 2. The van der Waals surface area contributed by atoms with Crippen LogP contribution in [0, 0.1) is 5.82 Å². The summed E-state index contributed by atoms with van der Waals surface area (Å²) >= 11 is 2.53. The van der Waals surface area contributed by atoms with Crippen molar-refractivity contribution in [2.45, 2.75) is 19.3 Å². The highest BCUT2D eigenvalue weighted by molar-refractivity contribution is 7.74. The Morgan fingerprint density at radius 1 is 1.23 bits per heavy atom. The van der Waals surface area contributed by atoms with Crippen LogP contribution in [0.4, 0.5) is 10.1 Å². The van der Waals surface area contributed by atoms with Crippen molar-refractivity contribution in [3.63, 3.8) is 0 Å². The van der Waals surface area contributed by atoms with Crippen LogP contribution in [0.3, 0.4) is 0 Å². The highest BCUT2D eigenvalue weighted by atomic mass is 32.1. The van der Waals surface area contributed by atoms with Gasteiger partial charge in [0.1, 0.15) is 17.3 Å². The Bertz CT molecular complexity index is 1440. The van der Waals surface area contributed by atoms with Gasteiger partial charge in [0.25, 0.3) is 5.91 Å². The van der Waals surface area contributed by atoms with E-state index in [1.54, 1.807) is 24.5 Å². The zero-order chi connectivity index (χ0) is 28.4. The van der Waals surface area contributed by atoms with E-state index in [2.05, 4.69) is 41.2 Å². The molecule has 5 N–H and O–H groups in total. The predicted octanol–water partition coefficient (Wildman–Crippen LogP) is 4.44. The Balaban J connectivity index is 0.000000787. The van der Waals surface area contributed by atoms with Crippen molar-refractivity contribution in [2.75, 3.05) is 25.5 Å². The van der Waals surface area contributed by atoms with Gasteiger partial charge in [-0.05, 0) is 66.8 Å². The van der Waals surface area contributed by atoms with Crippen LogP contribution in [0.15, 0.2) is 60.9 Å². The van der Waals surface area contributed by atoms with Gasteiger partial charge in [-0.15, -0.1) is 0 Å². The number of carbonyl (C=O) groups is 2. The summed E-state index contributed by atoms with van der Waals surface area (Å²) < 4.78 is 26.0. The first-order valence-electron chi connectivity index (χ1n) is 12.1. The average Bonchev–Trinajstić information content (AvgIpc) is 3.34. The van der Waals surface area contributed by atoms with Gasteiger partial charge in [0.15, 0.2) is 0 Å². The maximum absolute atomic E-state index is 13.4. The number of nitrogens with one attached hydrogen (secondary N) is 2. The average molecular weight is 552 g/mol. The van der Waals surface area contributed by atoms with Crippen molar-refractivity contribution in [3.05, 3.63) is 83.6 Å². The molecule has 11 heteroatoms. The van der Waals surface area contributed by atoms with E-state index < -0.39 is 0 Å². The standard InChI is InChI=1S/C27H25FN4O2.CH3NO.H2OS/c1-16-15-34-26-22(16)13-21(32-25(26)17-3-5-20(28)6-4-17)8-10-31-27(33)19-11-18-7-9-30-14-23(18)24(12-19)29-2;2-1-3;1-2/h3-7,9,11-14,16,29H,8,10,15H2,1-2H3,(H,31,33);1H,(H2,2,3);1-2H. The number of anilines is 1. The number of hydrogen-bond donors (Lipinski definition) is 5. The van der Waals surface area contributed by atoms with Crippen molar-refractivity contribution in [3.8, 4) is 17.0 Å². The number of rotatable bonds is 6. The van der Waals surface area contributed by atoms with Crippen LogP contribution in [0.2, 0.25) is 0 Å². The highest BCUT2D eigenvalue weighted by Gasteiger charge is 2.26. The first-order valence-corrected chi connectivity index (χ1v) is 12.5. The molecule has 1 aliphatic heterocycles. The molecule has 1 aliphatic rings. The Morgan fingerprint density at radius 2 is 1.95 bits per heavy atom. The number of amides is 2. The molecule has 1 atom stereocenters. The van der Waals surface area contributed by atoms with Crippen LogP contribution in [-0.4, -0.2) is 47.0 Å². The minimum Gasteiger partial charge on any atom is -0.490 e. The number of ether oxygens (including phenoxy) is 1. The number of thiol groups is 1. The van der Waals surface area contributed by atoms with Gasteiger partial charge in [-0.3, -0.25) is 14.6 Å². The van der Waals surface area contributed by atoms with E-state index in [-0.39, 0.29) is 24.1 Å². The van der Waals surface area contributed by atoms with Crippen LogP contribution in [0.1, 0.15) is 34.5 Å². The third kappa shape index (κ3) is 7.01. The summed E-state index contributed by atoms with van der Waals surface area (Å²) in [4.78, 5) is 30.4. The van der Waals surface area contributed by atoms with Gasteiger partial charge in [-0.25, -0.2) is 9.37 Å². The molecule has 2 amide bonds. The van der Waals surface area contributed by atoms with Gasteiger partial charge in [0.05, 0.1) is 6.61 Å². The highest BCUT2D eigenvalue weighted by Crippen LogP contribution is 2.41. The molecule has 5 rings (SSSR count). The summed E-state index contributed by atoms with van der Waals surface area (Å²) in [7, 11) is 1.83. The van der Waals surface area contributed by atoms with Gasteiger partial charge in [-0.2, -0.15) is 0 Å². The largest absolute Gasteiger partial charge is 0.490 e. The lowest BCUT2D eigenvalue weighted by Gasteiger charge is -2.12. The minimum atomic E-state index is -0.292. The van der Waals surface area contributed by atoms with Gasteiger partial charge in [0, 0.05) is 71.8 Å². The Kier molecular flexibility index (Phi) is 10.6. The molecule has 3 heterocycles. The van der Waals surface area contributed by atoms with Crippen molar-refractivity contribution in [1.82, 2.24) is 15.3 Å². The molecular weight excluding hydrogens is 521 g/mol. The molecule has 39 heavy (non-hydrogen) atoms. The number of nitrogens with two attached hydrogens (primary N) is 1. The fraction of sp³-hybridized carbons (Fsp3) is 0.214. The molecule has 0 saturated carbocycles. The number of hydrogen-bond acceptors (Lipinski definition) is 8. The number of nitrogens with zero attached hydrogens (tertiary/aromatic N) is 2. The summed E-state index contributed by atoms with van der Waals surface area (Å²) in [6.07, 6.45) is 4.31. The van der Waals surface area contributed by atoms with Crippen LogP contribution in [-0.2, 0) is 11.2 Å². The van der Waals surface area contributed by atoms with Crippen LogP contribution < -0.4 is 21.1 Å². The third-order valence-electron chi connectivity index (χ3n) is 6.14. The lowest BCUT2D eigenvalue weighted by Crippen LogP contribution is -2.26. The first kappa shape index (κ1) is 29.3. The molecule has 0 bridgehead atoms. The summed E-state index contributed by atoms with van der Waals surface area (Å²) in [6.45, 7) is 3.14. The van der Waals surface area contributed by atoms with Gasteiger partial charge >= 0.3 is 0 Å². The monoisotopic (exact) mass is 551 g/mol. The molecule has 1 unspecified atom stereocenters. The zero-order valence-electron chi connectivity index (χ0n) is 21.5. The number of pyridine rings is 2. The van der Waals surface area contributed by atoms with E-state index >= 15 is 0 Å². The summed E-state index contributed by atoms with van der Waals surface area (Å²) in [6, 6.07) is 13.9. The van der Waals surface area contributed by atoms with Crippen LogP contribution >= 0.6 is 12.9 Å². The van der Waals surface area contributed by atoms with E-state index in [1.165, 1.54) is 12.1 Å². The maximum atomic E-state index is 13.4. The normalized spacial score (nSPS) is 13.1. The van der Waals surface area contributed by atoms with E-state index in [0.717, 1.165) is 39.0 Å². The van der Waals surface area contributed by atoms with E-state index in [4.69, 9.17) is 19.1 Å². The maximum Gasteiger partial charge on any atom is 0.251 e. The lowest BCUT2D eigenvalue weighted by atomic mass is 9.99. The van der Waals surface area contributed by atoms with Crippen molar-refractivity contribution in [1.29, 1.82) is 0 Å². The smallest absolute Gasteiger partial charge is 0.251 e. The zero-order valence-corrected chi connectivity index (χ0v) is 22.4. The molecule has 0 radical (unpaired) electrons. The molecule has 0 fully saturated rings. The number of halogens is 1. The molecular formula is C28H30FN5O4S. The molecule has 0 spiro atoms. The van der Waals surface area contributed by atoms with Crippen LogP contribution in [0.25, 0.3) is 22.0 Å². The molecule has 4 aromatic rings. The molecule has 0 saturated heterocycles. The minimum absolute atomic E-state index is 0.146. The van der Waals surface area contributed by atoms with Crippen molar-refractivity contribution >= 4 is 41.7 Å². The predicted molar refractivity (Wildman–Crippen MR) is 153 cm³/mol. The number of primary amides is 1. The Labute approximate surface area is 231 Å². The van der Waals surface area contributed by atoms with Crippen molar-refractivity contribution < 1.29 is 23.3 Å². The lowest BCUT2D eigenvalue weighted by molar-refractivity contribution is -0.106. The molecule has 2 aromatic heterocycles. The molecule has 9 nitrogen and oxygen atoms in total. The summed E-state index contributed by atoms with van der Waals surface area (Å²) in [5.41, 5.74) is 9.08. The van der Waals surface area contributed by atoms with Gasteiger partial charge in [-0.1, -0.05) is 6.92 Å². The van der Waals surface area contributed by atoms with E-state index in [1.807, 2.05) is 31.3 Å². The second kappa shape index (κ2) is 14.1. The molecule has 2 aromatic carbocycles. The van der Waals surface area contributed by atoms with E-state index in [9.17, 15) is 9.18 Å².